The summed E-state index contributed by atoms with van der Waals surface area (Å²) in [6.45, 7) is 12.8. The molecule has 1 aliphatic heterocycles. The molecule has 0 radical (unpaired) electrons. The SMILES string of the molecule is Cc1ncsc1-c1ccc(CNC(=O)[C@@H]2CCCN2C(=O)[C@@H](NC(=O)CCNCCn2cc(COCCOCCOCCNC(=O)C3(Cc4cccc(Nc5nccs5)n4)CCCCC3)nn2)C(C)(C)C)cc1. The van der Waals surface area contributed by atoms with Crippen molar-refractivity contribution in [1.29, 1.82) is 0 Å². The van der Waals surface area contributed by atoms with Crippen LogP contribution in [0.1, 0.15) is 94.8 Å². The van der Waals surface area contributed by atoms with E-state index in [1.165, 1.54) is 11.3 Å². The zero-order chi connectivity index (χ0) is 51.5. The van der Waals surface area contributed by atoms with Crippen molar-refractivity contribution in [2.75, 3.05) is 64.5 Å². The molecule has 4 aromatic heterocycles. The Balaban J connectivity index is 0.711. The van der Waals surface area contributed by atoms with Gasteiger partial charge in [-0.3, -0.25) is 23.9 Å². The monoisotopic (exact) mass is 1040 g/mol. The fourth-order valence-corrected chi connectivity index (χ4v) is 10.5. The van der Waals surface area contributed by atoms with Gasteiger partial charge in [0, 0.05) is 62.8 Å². The third-order valence-corrected chi connectivity index (χ3v) is 14.8. The molecule has 0 spiro atoms. The first-order valence-corrected chi connectivity index (χ1v) is 27.2. The third kappa shape index (κ3) is 16.6. The van der Waals surface area contributed by atoms with Gasteiger partial charge in [-0.05, 0) is 61.3 Å². The molecule has 394 valence electrons. The number of nitrogens with zero attached hydrogens (tertiary/aromatic N) is 7. The maximum atomic E-state index is 14.0. The zero-order valence-electron chi connectivity index (χ0n) is 42.7. The molecule has 7 rings (SSSR count). The van der Waals surface area contributed by atoms with E-state index in [0.717, 1.165) is 70.4 Å². The van der Waals surface area contributed by atoms with Crippen molar-refractivity contribution in [3.63, 3.8) is 0 Å². The van der Waals surface area contributed by atoms with E-state index in [4.69, 9.17) is 19.2 Å². The van der Waals surface area contributed by atoms with Crippen LogP contribution >= 0.6 is 22.7 Å². The Bertz CT molecular complexity index is 2510. The van der Waals surface area contributed by atoms with Crippen molar-refractivity contribution in [1.82, 2.24) is 56.1 Å². The predicted octanol–water partition coefficient (Wildman–Crippen LogP) is 5.98. The molecule has 5 aromatic rings. The van der Waals surface area contributed by atoms with Gasteiger partial charge in [-0.1, -0.05) is 75.6 Å². The first kappa shape index (κ1) is 55.0. The number of hydrogen-bond donors (Lipinski definition) is 5. The van der Waals surface area contributed by atoms with Crippen LogP contribution in [0, 0.1) is 17.8 Å². The van der Waals surface area contributed by atoms with E-state index < -0.39 is 22.9 Å². The van der Waals surface area contributed by atoms with E-state index >= 15 is 0 Å². The van der Waals surface area contributed by atoms with Crippen LogP contribution in [-0.2, 0) is 59.5 Å². The van der Waals surface area contributed by atoms with Crippen LogP contribution in [0.2, 0.25) is 0 Å². The lowest BCUT2D eigenvalue weighted by Gasteiger charge is -2.35. The van der Waals surface area contributed by atoms with Crippen molar-refractivity contribution in [3.8, 4) is 10.4 Å². The number of ether oxygens (including phenoxy) is 3. The molecule has 21 heteroatoms. The topological polar surface area (TPSA) is 229 Å². The smallest absolute Gasteiger partial charge is 0.246 e. The summed E-state index contributed by atoms with van der Waals surface area (Å²) in [5, 5.41) is 26.7. The van der Waals surface area contributed by atoms with E-state index in [1.54, 1.807) is 27.1 Å². The van der Waals surface area contributed by atoms with Crippen molar-refractivity contribution < 1.29 is 33.4 Å². The molecule has 5 heterocycles. The van der Waals surface area contributed by atoms with Crippen LogP contribution in [0.15, 0.2) is 65.7 Å². The quantitative estimate of drug-likeness (QED) is 0.0363. The Morgan fingerprint density at radius 3 is 2.38 bits per heavy atom. The fourth-order valence-electron chi connectivity index (χ4n) is 9.19. The second kappa shape index (κ2) is 27.5. The van der Waals surface area contributed by atoms with Crippen LogP contribution in [0.25, 0.3) is 10.4 Å². The van der Waals surface area contributed by atoms with Crippen LogP contribution in [0.5, 0.6) is 0 Å². The highest BCUT2D eigenvalue weighted by atomic mass is 32.1. The largest absolute Gasteiger partial charge is 0.377 e. The second-order valence-corrected chi connectivity index (χ2v) is 21.5. The summed E-state index contributed by atoms with van der Waals surface area (Å²) in [6.07, 6.45) is 10.5. The lowest BCUT2D eigenvalue weighted by Crippen LogP contribution is -2.57. The molecule has 5 N–H and O–H groups in total. The van der Waals surface area contributed by atoms with E-state index in [9.17, 15) is 19.2 Å². The molecule has 2 atom stereocenters. The lowest BCUT2D eigenvalue weighted by molar-refractivity contribution is -0.143. The van der Waals surface area contributed by atoms with Gasteiger partial charge < -0.3 is 45.7 Å². The third-order valence-electron chi connectivity index (χ3n) is 13.1. The summed E-state index contributed by atoms with van der Waals surface area (Å²) in [5.41, 5.74) is 5.41. The van der Waals surface area contributed by atoms with Gasteiger partial charge in [-0.25, -0.2) is 15.0 Å². The lowest BCUT2D eigenvalue weighted by atomic mass is 9.70. The summed E-state index contributed by atoms with van der Waals surface area (Å²) in [4.78, 5) is 70.3. The maximum absolute atomic E-state index is 14.0. The highest BCUT2D eigenvalue weighted by molar-refractivity contribution is 7.13. The number of rotatable bonds is 28. The van der Waals surface area contributed by atoms with E-state index in [1.807, 2.05) is 87.2 Å². The van der Waals surface area contributed by atoms with Gasteiger partial charge in [-0.15, -0.1) is 27.8 Å². The van der Waals surface area contributed by atoms with Crippen molar-refractivity contribution in [2.45, 2.75) is 117 Å². The Kier molecular flexibility index (Phi) is 20.8. The van der Waals surface area contributed by atoms with E-state index in [-0.39, 0.29) is 30.0 Å². The molecule has 2 fully saturated rings. The van der Waals surface area contributed by atoms with Crippen LogP contribution < -0.4 is 26.6 Å². The minimum Gasteiger partial charge on any atom is -0.377 e. The highest BCUT2D eigenvalue weighted by Gasteiger charge is 2.42. The molecule has 1 saturated heterocycles. The molecule has 73 heavy (non-hydrogen) atoms. The molecule has 19 nitrogen and oxygen atoms in total. The number of carbonyl (C=O) groups is 4. The summed E-state index contributed by atoms with van der Waals surface area (Å²) < 4.78 is 18.9. The van der Waals surface area contributed by atoms with Gasteiger partial charge in [0.25, 0.3) is 0 Å². The molecule has 0 unspecified atom stereocenters. The second-order valence-electron chi connectivity index (χ2n) is 19.7. The molecular formula is C52H72N12O7S2. The summed E-state index contributed by atoms with van der Waals surface area (Å²) >= 11 is 3.11. The number of aryl methyl sites for hydroxylation is 1. The molecule has 1 saturated carbocycles. The molecule has 0 bridgehead atoms. The number of thiazole rings is 2. The van der Waals surface area contributed by atoms with Crippen LogP contribution in [-0.4, -0.2) is 130 Å². The Morgan fingerprint density at radius 1 is 0.863 bits per heavy atom. The van der Waals surface area contributed by atoms with Gasteiger partial charge in [-0.2, -0.15) is 0 Å². The van der Waals surface area contributed by atoms with Gasteiger partial charge in [0.2, 0.25) is 23.6 Å². The Labute approximate surface area is 436 Å². The Hall–Kier alpha value is -5.71. The number of nitrogens with one attached hydrogen (secondary N) is 5. The number of hydrogen-bond acceptors (Lipinski definition) is 16. The normalized spacial score (nSPS) is 16.0. The molecule has 1 aliphatic carbocycles. The summed E-state index contributed by atoms with van der Waals surface area (Å²) in [6, 6.07) is 12.6. The standard InChI is InChI=1S/C52H72N12O7S2/c1-37-45(73-36-57-37)39-15-13-38(14-16-39)33-56-47(66)42-11-9-24-64(42)48(67)46(51(2,3)4)60-44(65)17-20-53-21-25-63-34-41(61-62-63)35-71-30-29-70-28-27-69-26-22-54-49(68)52(18-6-5-7-19-52)32-40-10-8-12-43(58-40)59-50-55-23-31-72-50/h8,10,12-16,23,31,34,36,42,46,53H,5-7,9,11,17-22,24-30,32-33,35H2,1-4H3,(H,54,68)(H,56,66)(H,60,65)(H,55,58,59)/t42-,46+/m0/s1. The number of benzene rings is 1. The van der Waals surface area contributed by atoms with Crippen molar-refractivity contribution in [3.05, 3.63) is 88.4 Å². The molecule has 2 aliphatic rings. The number of aromatic nitrogens is 6. The fraction of sp³-hybridized carbons (Fsp3) is 0.558. The van der Waals surface area contributed by atoms with Gasteiger partial charge in [0.05, 0.1) is 73.9 Å². The molecule has 1 aromatic carbocycles. The van der Waals surface area contributed by atoms with Crippen LogP contribution in [0.4, 0.5) is 10.9 Å². The average Bonchev–Trinajstić information content (AvgIpc) is 4.24. The van der Waals surface area contributed by atoms with Gasteiger partial charge in [0.1, 0.15) is 23.6 Å². The van der Waals surface area contributed by atoms with Gasteiger partial charge in [0.15, 0.2) is 5.13 Å². The zero-order valence-corrected chi connectivity index (χ0v) is 44.3. The molecular weight excluding hydrogens is 969 g/mol. The number of pyridine rings is 1. The number of amides is 4. The minimum absolute atomic E-state index is 0.0641. The summed E-state index contributed by atoms with van der Waals surface area (Å²) in [7, 11) is 0. The number of carbonyl (C=O) groups excluding carboxylic acids is 4. The van der Waals surface area contributed by atoms with Crippen molar-refractivity contribution in [2.24, 2.45) is 10.8 Å². The summed E-state index contributed by atoms with van der Waals surface area (Å²) in [5.74, 6) is 0.109. The minimum atomic E-state index is -0.789. The maximum Gasteiger partial charge on any atom is 0.246 e. The van der Waals surface area contributed by atoms with E-state index in [0.29, 0.717) is 104 Å². The van der Waals surface area contributed by atoms with Crippen molar-refractivity contribution >= 4 is 57.3 Å². The predicted molar refractivity (Wildman–Crippen MR) is 281 cm³/mol. The average molecular weight is 1040 g/mol. The number of anilines is 2. The van der Waals surface area contributed by atoms with Crippen LogP contribution in [0.3, 0.4) is 0 Å². The highest BCUT2D eigenvalue weighted by Crippen LogP contribution is 2.39. The van der Waals surface area contributed by atoms with E-state index in [2.05, 4.69) is 46.9 Å². The van der Waals surface area contributed by atoms with Gasteiger partial charge >= 0.3 is 0 Å². The first-order chi connectivity index (χ1) is 35.4. The Morgan fingerprint density at radius 2 is 1.64 bits per heavy atom. The first-order valence-electron chi connectivity index (χ1n) is 25.5. The molecule has 4 amide bonds. The number of likely N-dealkylation sites (tertiary alicyclic amines) is 1.